The number of benzene rings is 1. The highest BCUT2D eigenvalue weighted by molar-refractivity contribution is 5.77. The number of methoxy groups -OCH3 is 1. The molecule has 5 nitrogen and oxygen atoms in total. The third-order valence-corrected chi connectivity index (χ3v) is 5.47. The molecular formula is C18H24F2N2O3. The lowest BCUT2D eigenvalue weighted by atomic mass is 9.74. The van der Waals surface area contributed by atoms with Crippen LogP contribution in [0.3, 0.4) is 0 Å². The van der Waals surface area contributed by atoms with E-state index >= 15 is 0 Å². The van der Waals surface area contributed by atoms with Gasteiger partial charge in [0.05, 0.1) is 6.61 Å². The van der Waals surface area contributed by atoms with E-state index in [1.165, 1.54) is 13.2 Å². The topological polar surface area (TPSA) is 53.0 Å². The number of carbonyl (C=O) groups excluding carboxylic acids is 1. The van der Waals surface area contributed by atoms with Crippen LogP contribution in [0.5, 0.6) is 0 Å². The van der Waals surface area contributed by atoms with Crippen molar-refractivity contribution in [2.75, 3.05) is 46.5 Å². The van der Waals surface area contributed by atoms with E-state index in [2.05, 4.69) is 0 Å². The highest BCUT2D eigenvalue weighted by Crippen LogP contribution is 2.42. The SMILES string of the molecule is COCC(=O)N1CC[C@H]2CN(Cc3cc(F)ccc3F)C[C@@]2(CO)C1. The molecule has 0 unspecified atom stereocenters. The number of hydrogen-bond acceptors (Lipinski definition) is 4. The predicted octanol–water partition coefficient (Wildman–Crippen LogP) is 1.25. The molecule has 1 aromatic rings. The summed E-state index contributed by atoms with van der Waals surface area (Å²) < 4.78 is 32.2. The zero-order chi connectivity index (χ0) is 18.0. The summed E-state index contributed by atoms with van der Waals surface area (Å²) in [7, 11) is 1.48. The maximum absolute atomic E-state index is 13.9. The Balaban J connectivity index is 1.72. The standard InChI is InChI=1S/C18H24F2N2O3/c1-25-9-17(24)22-5-4-14-8-21(10-18(14,11-22)12-23)7-13-6-15(19)2-3-16(13)20/h2-3,6,14,23H,4-5,7-12H2,1H3/t14-,18-/m0/s1. The molecule has 2 aliphatic heterocycles. The Kier molecular flexibility index (Phi) is 5.36. The van der Waals surface area contributed by atoms with Crippen LogP contribution in [-0.2, 0) is 16.1 Å². The molecule has 0 bridgehead atoms. The molecule has 0 aliphatic carbocycles. The Bertz CT molecular complexity index is 643. The Morgan fingerprint density at radius 3 is 2.92 bits per heavy atom. The second kappa shape index (κ2) is 7.35. The van der Waals surface area contributed by atoms with Gasteiger partial charge in [0.1, 0.15) is 18.2 Å². The van der Waals surface area contributed by atoms with Gasteiger partial charge in [0.15, 0.2) is 0 Å². The number of likely N-dealkylation sites (tertiary alicyclic amines) is 2. The normalized spacial score (nSPS) is 26.7. The van der Waals surface area contributed by atoms with Gasteiger partial charge in [0.2, 0.25) is 5.91 Å². The van der Waals surface area contributed by atoms with E-state index in [1.54, 1.807) is 4.90 Å². The third-order valence-electron chi connectivity index (χ3n) is 5.47. The lowest BCUT2D eigenvalue weighted by Gasteiger charge is -2.43. The first-order valence-corrected chi connectivity index (χ1v) is 8.51. The summed E-state index contributed by atoms with van der Waals surface area (Å²) in [6, 6.07) is 3.47. The predicted molar refractivity (Wildman–Crippen MR) is 87.7 cm³/mol. The first-order chi connectivity index (χ1) is 12.0. The second-order valence-electron chi connectivity index (χ2n) is 7.16. The molecule has 2 heterocycles. The average Bonchev–Trinajstić information content (AvgIpc) is 2.96. The average molecular weight is 354 g/mol. The molecule has 1 N–H and O–H groups in total. The van der Waals surface area contributed by atoms with Crippen molar-refractivity contribution in [3.05, 3.63) is 35.4 Å². The summed E-state index contributed by atoms with van der Waals surface area (Å²) in [5, 5.41) is 10.0. The second-order valence-corrected chi connectivity index (χ2v) is 7.16. The molecule has 138 valence electrons. The molecule has 1 amide bonds. The van der Waals surface area contributed by atoms with Crippen molar-refractivity contribution in [3.63, 3.8) is 0 Å². The van der Waals surface area contributed by atoms with E-state index in [0.717, 1.165) is 18.6 Å². The fourth-order valence-corrected chi connectivity index (χ4v) is 4.17. The van der Waals surface area contributed by atoms with E-state index in [-0.39, 0.29) is 25.0 Å². The van der Waals surface area contributed by atoms with Crippen LogP contribution >= 0.6 is 0 Å². The van der Waals surface area contributed by atoms with Gasteiger partial charge in [-0.2, -0.15) is 0 Å². The minimum atomic E-state index is -0.457. The number of piperidine rings is 1. The Morgan fingerprint density at radius 1 is 1.40 bits per heavy atom. The van der Waals surface area contributed by atoms with Gasteiger partial charge in [-0.25, -0.2) is 8.78 Å². The van der Waals surface area contributed by atoms with E-state index in [9.17, 15) is 18.7 Å². The molecule has 0 radical (unpaired) electrons. The molecule has 3 rings (SSSR count). The Labute approximate surface area is 146 Å². The van der Waals surface area contributed by atoms with Crippen molar-refractivity contribution in [1.29, 1.82) is 0 Å². The number of fused-ring (bicyclic) bond motifs is 1. The minimum Gasteiger partial charge on any atom is -0.396 e. The van der Waals surface area contributed by atoms with Crippen molar-refractivity contribution in [2.24, 2.45) is 11.3 Å². The van der Waals surface area contributed by atoms with Crippen molar-refractivity contribution < 1.29 is 23.4 Å². The molecule has 25 heavy (non-hydrogen) atoms. The molecule has 7 heteroatoms. The molecule has 0 saturated carbocycles. The van der Waals surface area contributed by atoms with Gasteiger partial charge in [-0.3, -0.25) is 9.69 Å². The number of rotatable bonds is 5. The van der Waals surface area contributed by atoms with Crippen LogP contribution in [0.4, 0.5) is 8.78 Å². The lowest BCUT2D eigenvalue weighted by molar-refractivity contribution is -0.140. The summed E-state index contributed by atoms with van der Waals surface area (Å²) in [6.45, 7) is 2.67. The van der Waals surface area contributed by atoms with Crippen LogP contribution in [0.2, 0.25) is 0 Å². The number of nitrogens with zero attached hydrogens (tertiary/aromatic N) is 2. The maximum Gasteiger partial charge on any atom is 0.248 e. The highest BCUT2D eigenvalue weighted by atomic mass is 19.1. The molecule has 0 aromatic heterocycles. The lowest BCUT2D eigenvalue weighted by Crippen LogP contribution is -2.53. The number of halogens is 2. The van der Waals surface area contributed by atoms with Crippen LogP contribution in [-0.4, -0.2) is 67.3 Å². The fraction of sp³-hybridized carbons (Fsp3) is 0.611. The van der Waals surface area contributed by atoms with Crippen molar-refractivity contribution >= 4 is 5.91 Å². The van der Waals surface area contributed by atoms with Gasteiger partial charge in [-0.1, -0.05) is 0 Å². The summed E-state index contributed by atoms with van der Waals surface area (Å²) >= 11 is 0. The van der Waals surface area contributed by atoms with Gasteiger partial charge in [-0.05, 0) is 30.5 Å². The van der Waals surface area contributed by atoms with Crippen LogP contribution < -0.4 is 0 Å². The van der Waals surface area contributed by atoms with Crippen molar-refractivity contribution in [3.8, 4) is 0 Å². The van der Waals surface area contributed by atoms with Crippen LogP contribution in [0, 0.1) is 23.0 Å². The monoisotopic (exact) mass is 354 g/mol. The van der Waals surface area contributed by atoms with E-state index < -0.39 is 17.0 Å². The largest absolute Gasteiger partial charge is 0.396 e. The number of aliphatic hydroxyl groups excluding tert-OH is 1. The van der Waals surface area contributed by atoms with Gasteiger partial charge in [0, 0.05) is 50.8 Å². The number of ether oxygens (including phenoxy) is 1. The minimum absolute atomic E-state index is 0.0312. The molecule has 1 aromatic carbocycles. The first-order valence-electron chi connectivity index (χ1n) is 8.51. The van der Waals surface area contributed by atoms with Crippen molar-refractivity contribution in [2.45, 2.75) is 13.0 Å². The molecule has 2 saturated heterocycles. The van der Waals surface area contributed by atoms with Crippen LogP contribution in [0.25, 0.3) is 0 Å². The van der Waals surface area contributed by atoms with Gasteiger partial charge in [-0.15, -0.1) is 0 Å². The maximum atomic E-state index is 13.9. The van der Waals surface area contributed by atoms with E-state index in [0.29, 0.717) is 38.3 Å². The fourth-order valence-electron chi connectivity index (χ4n) is 4.17. The molecule has 2 aliphatic rings. The van der Waals surface area contributed by atoms with Crippen LogP contribution in [0.15, 0.2) is 18.2 Å². The highest BCUT2D eigenvalue weighted by Gasteiger charge is 2.50. The van der Waals surface area contributed by atoms with E-state index in [1.807, 2.05) is 4.90 Å². The number of hydrogen-bond donors (Lipinski definition) is 1. The van der Waals surface area contributed by atoms with Gasteiger partial charge in [0.25, 0.3) is 0 Å². The zero-order valence-electron chi connectivity index (χ0n) is 14.4. The summed E-state index contributed by atoms with van der Waals surface area (Å²) in [5.41, 5.74) is -0.0927. The molecule has 2 atom stereocenters. The number of amides is 1. The zero-order valence-corrected chi connectivity index (χ0v) is 14.4. The molecule has 2 fully saturated rings. The number of carbonyl (C=O) groups is 1. The number of aliphatic hydroxyl groups is 1. The Morgan fingerprint density at radius 2 is 2.20 bits per heavy atom. The van der Waals surface area contributed by atoms with Gasteiger partial charge < -0.3 is 14.7 Å². The smallest absolute Gasteiger partial charge is 0.248 e. The Hall–Kier alpha value is -1.57. The van der Waals surface area contributed by atoms with E-state index in [4.69, 9.17) is 4.74 Å². The summed E-state index contributed by atoms with van der Waals surface area (Å²) in [4.78, 5) is 15.9. The van der Waals surface area contributed by atoms with Gasteiger partial charge >= 0.3 is 0 Å². The molecule has 0 spiro atoms. The first kappa shape index (κ1) is 18.2. The quantitative estimate of drug-likeness (QED) is 0.865. The summed E-state index contributed by atoms with van der Waals surface area (Å²) in [5.74, 6) is -0.725. The third kappa shape index (κ3) is 3.68. The van der Waals surface area contributed by atoms with Crippen molar-refractivity contribution in [1.82, 2.24) is 9.80 Å². The molecular weight excluding hydrogens is 330 g/mol. The van der Waals surface area contributed by atoms with Crippen LogP contribution in [0.1, 0.15) is 12.0 Å². The summed E-state index contributed by atoms with van der Waals surface area (Å²) in [6.07, 6.45) is 0.790.